The molecule has 3 rings (SSSR count). The van der Waals surface area contributed by atoms with Crippen molar-refractivity contribution in [2.45, 2.75) is 29.8 Å². The number of benzene rings is 1. The van der Waals surface area contributed by atoms with Gasteiger partial charge >= 0.3 is 6.18 Å². The number of nitriles is 1. The van der Waals surface area contributed by atoms with Crippen LogP contribution >= 0.6 is 11.8 Å². The summed E-state index contributed by atoms with van der Waals surface area (Å²) in [6.07, 6.45) is -4.57. The normalized spacial score (nSPS) is 17.5. The summed E-state index contributed by atoms with van der Waals surface area (Å²) < 4.78 is 42.7. The molecule has 0 bridgehead atoms. The molecule has 1 amide bonds. The number of anilines is 1. The number of carbonyl (C=O) groups is 1. The molecule has 2 aromatic rings. The van der Waals surface area contributed by atoms with Gasteiger partial charge in [0.15, 0.2) is 0 Å². The first-order chi connectivity index (χ1) is 11.3. The van der Waals surface area contributed by atoms with E-state index in [0.717, 1.165) is 11.0 Å². The summed E-state index contributed by atoms with van der Waals surface area (Å²) in [6.45, 7) is 1.60. The van der Waals surface area contributed by atoms with Gasteiger partial charge < -0.3 is 9.32 Å². The first-order valence-corrected chi connectivity index (χ1v) is 7.85. The Balaban J connectivity index is 1.96. The van der Waals surface area contributed by atoms with E-state index in [1.165, 1.54) is 22.7 Å². The lowest BCUT2D eigenvalue weighted by Crippen LogP contribution is -2.39. The maximum absolute atomic E-state index is 12.6. The quantitative estimate of drug-likeness (QED) is 0.813. The number of carbonyl (C=O) groups excluding carboxylic acids is 1. The third-order valence-corrected chi connectivity index (χ3v) is 4.71. The first-order valence-electron chi connectivity index (χ1n) is 6.97. The number of alkyl halides is 3. The van der Waals surface area contributed by atoms with E-state index < -0.39 is 11.9 Å². The zero-order valence-corrected chi connectivity index (χ0v) is 13.2. The van der Waals surface area contributed by atoms with Crippen molar-refractivity contribution in [1.29, 1.82) is 5.26 Å². The standard InChI is InChI=1S/C16H11F3N2O2S/c1-9-15(22)21(8-11-3-5-14(23-11)16(17,18)19)12-6-10(7-20)2-4-13(12)24-9/h2-6,9H,8H2,1H3. The molecule has 0 spiro atoms. The van der Waals surface area contributed by atoms with Crippen LogP contribution < -0.4 is 4.90 Å². The Morgan fingerprint density at radius 1 is 1.33 bits per heavy atom. The zero-order valence-electron chi connectivity index (χ0n) is 12.4. The molecule has 1 unspecified atom stereocenters. The highest BCUT2D eigenvalue weighted by Crippen LogP contribution is 2.40. The van der Waals surface area contributed by atoms with Gasteiger partial charge in [-0.1, -0.05) is 0 Å². The minimum atomic E-state index is -4.57. The van der Waals surface area contributed by atoms with E-state index in [4.69, 9.17) is 9.68 Å². The molecule has 24 heavy (non-hydrogen) atoms. The van der Waals surface area contributed by atoms with E-state index in [1.807, 2.05) is 6.07 Å². The molecule has 1 aromatic heterocycles. The molecule has 0 aliphatic carbocycles. The Bertz CT molecular complexity index is 839. The second-order valence-corrected chi connectivity index (χ2v) is 6.63. The van der Waals surface area contributed by atoms with Gasteiger partial charge in [0.2, 0.25) is 11.7 Å². The van der Waals surface area contributed by atoms with Crippen LogP contribution in [-0.2, 0) is 17.5 Å². The number of amides is 1. The summed E-state index contributed by atoms with van der Waals surface area (Å²) >= 11 is 1.35. The predicted molar refractivity (Wildman–Crippen MR) is 81.4 cm³/mol. The second-order valence-electron chi connectivity index (χ2n) is 5.24. The van der Waals surface area contributed by atoms with Gasteiger partial charge in [-0.25, -0.2) is 0 Å². The van der Waals surface area contributed by atoms with E-state index in [1.54, 1.807) is 25.1 Å². The fraction of sp³-hybridized carbons (Fsp3) is 0.250. The van der Waals surface area contributed by atoms with Crippen molar-refractivity contribution in [3.8, 4) is 6.07 Å². The van der Waals surface area contributed by atoms with Crippen LogP contribution in [0.5, 0.6) is 0 Å². The maximum Gasteiger partial charge on any atom is 0.449 e. The molecule has 1 atom stereocenters. The lowest BCUT2D eigenvalue weighted by atomic mass is 10.1. The summed E-state index contributed by atoms with van der Waals surface area (Å²) in [5.41, 5.74) is 0.879. The van der Waals surface area contributed by atoms with Crippen LogP contribution in [0.1, 0.15) is 24.0 Å². The van der Waals surface area contributed by atoms with Crippen molar-refractivity contribution in [1.82, 2.24) is 0 Å². The summed E-state index contributed by atoms with van der Waals surface area (Å²) in [6, 6.07) is 8.97. The van der Waals surface area contributed by atoms with Crippen molar-refractivity contribution in [2.75, 3.05) is 4.90 Å². The van der Waals surface area contributed by atoms with E-state index in [0.29, 0.717) is 11.3 Å². The topological polar surface area (TPSA) is 57.2 Å². The molecule has 1 aliphatic rings. The van der Waals surface area contributed by atoms with Crippen LogP contribution in [0.15, 0.2) is 39.6 Å². The number of hydrogen-bond donors (Lipinski definition) is 0. The molecular formula is C16H11F3N2O2S. The number of nitrogens with zero attached hydrogens (tertiary/aromatic N) is 2. The number of furan rings is 1. The van der Waals surface area contributed by atoms with Crippen LogP contribution in [0.3, 0.4) is 0 Å². The number of halogens is 3. The summed E-state index contributed by atoms with van der Waals surface area (Å²) in [4.78, 5) is 14.6. The van der Waals surface area contributed by atoms with Gasteiger partial charge in [-0.2, -0.15) is 18.4 Å². The van der Waals surface area contributed by atoms with E-state index >= 15 is 0 Å². The number of fused-ring (bicyclic) bond motifs is 1. The lowest BCUT2D eigenvalue weighted by molar-refractivity contribution is -0.153. The molecule has 0 radical (unpaired) electrons. The van der Waals surface area contributed by atoms with Crippen LogP contribution in [0.25, 0.3) is 0 Å². The highest BCUT2D eigenvalue weighted by Gasteiger charge is 2.36. The summed E-state index contributed by atoms with van der Waals surface area (Å²) in [7, 11) is 0. The zero-order chi connectivity index (χ0) is 17.5. The average Bonchev–Trinajstić information content (AvgIpc) is 3.00. The predicted octanol–water partition coefficient (Wildman–Crippen LogP) is 4.20. The SMILES string of the molecule is CC1Sc2ccc(C#N)cc2N(Cc2ccc(C(F)(F)F)o2)C1=O. The largest absolute Gasteiger partial charge is 0.455 e. The smallest absolute Gasteiger partial charge is 0.449 e. The van der Waals surface area contributed by atoms with E-state index in [-0.39, 0.29) is 23.5 Å². The Hall–Kier alpha value is -2.40. The molecule has 124 valence electrons. The number of thioether (sulfide) groups is 1. The molecule has 8 heteroatoms. The van der Waals surface area contributed by atoms with Gasteiger partial charge in [-0.3, -0.25) is 4.79 Å². The Labute approximate surface area is 139 Å². The van der Waals surface area contributed by atoms with E-state index in [9.17, 15) is 18.0 Å². The Morgan fingerprint density at radius 3 is 2.71 bits per heavy atom. The number of hydrogen-bond acceptors (Lipinski definition) is 4. The molecule has 4 nitrogen and oxygen atoms in total. The van der Waals surface area contributed by atoms with Crippen LogP contribution in [-0.4, -0.2) is 11.2 Å². The van der Waals surface area contributed by atoms with Crippen LogP contribution in [0.4, 0.5) is 18.9 Å². The lowest BCUT2D eigenvalue weighted by Gasteiger charge is -2.31. The third kappa shape index (κ3) is 2.99. The maximum atomic E-state index is 12.6. The highest BCUT2D eigenvalue weighted by molar-refractivity contribution is 8.00. The van der Waals surface area contributed by atoms with Crippen LogP contribution in [0, 0.1) is 11.3 Å². The van der Waals surface area contributed by atoms with Crippen molar-refractivity contribution in [3.05, 3.63) is 47.4 Å². The van der Waals surface area contributed by atoms with Gasteiger partial charge in [0, 0.05) is 4.90 Å². The Kier molecular flexibility index (Phi) is 4.05. The van der Waals surface area contributed by atoms with E-state index in [2.05, 4.69) is 0 Å². The molecule has 1 aliphatic heterocycles. The monoisotopic (exact) mass is 352 g/mol. The summed E-state index contributed by atoms with van der Waals surface area (Å²) in [5.74, 6) is -1.31. The number of rotatable bonds is 2. The average molecular weight is 352 g/mol. The van der Waals surface area contributed by atoms with Gasteiger partial charge in [0.05, 0.1) is 29.1 Å². The molecule has 1 aromatic carbocycles. The molecule has 0 saturated carbocycles. The Morgan fingerprint density at radius 2 is 2.08 bits per heavy atom. The molecule has 0 fully saturated rings. The van der Waals surface area contributed by atoms with Gasteiger partial charge in [-0.05, 0) is 37.3 Å². The van der Waals surface area contributed by atoms with Gasteiger partial charge in [0.25, 0.3) is 0 Å². The third-order valence-electron chi connectivity index (χ3n) is 3.55. The molecular weight excluding hydrogens is 341 g/mol. The minimum absolute atomic E-state index is 0.0306. The van der Waals surface area contributed by atoms with Crippen molar-refractivity contribution in [2.24, 2.45) is 0 Å². The fourth-order valence-corrected chi connectivity index (χ4v) is 3.46. The minimum Gasteiger partial charge on any atom is -0.455 e. The van der Waals surface area contributed by atoms with Crippen molar-refractivity contribution < 1.29 is 22.4 Å². The van der Waals surface area contributed by atoms with Crippen molar-refractivity contribution in [3.63, 3.8) is 0 Å². The molecule has 2 heterocycles. The van der Waals surface area contributed by atoms with Crippen molar-refractivity contribution >= 4 is 23.4 Å². The fourth-order valence-electron chi connectivity index (χ4n) is 2.41. The first kappa shape index (κ1) is 16.5. The van der Waals surface area contributed by atoms with Gasteiger partial charge in [0.1, 0.15) is 5.76 Å². The molecule has 0 saturated heterocycles. The van der Waals surface area contributed by atoms with Crippen LogP contribution in [0.2, 0.25) is 0 Å². The molecule has 0 N–H and O–H groups in total. The summed E-state index contributed by atoms with van der Waals surface area (Å²) in [5, 5.41) is 8.65. The van der Waals surface area contributed by atoms with Gasteiger partial charge in [-0.15, -0.1) is 11.8 Å². The highest BCUT2D eigenvalue weighted by atomic mass is 32.2. The second kappa shape index (κ2) is 5.91.